The number of nitrogens with one attached hydrogen (secondary N) is 1. The van der Waals surface area contributed by atoms with Crippen LogP contribution >= 0.6 is 34.5 Å². The first-order chi connectivity index (χ1) is 16.4. The summed E-state index contributed by atoms with van der Waals surface area (Å²) in [6, 6.07) is 11.9. The molecule has 2 aliphatic rings. The average Bonchev–Trinajstić information content (AvgIpc) is 3.53. The Hall–Kier alpha value is -2.06. The Morgan fingerprint density at radius 3 is 2.71 bits per heavy atom. The van der Waals surface area contributed by atoms with Gasteiger partial charge < -0.3 is 19.6 Å². The fourth-order valence-corrected chi connectivity index (χ4v) is 6.08. The van der Waals surface area contributed by atoms with E-state index in [4.69, 9.17) is 27.7 Å². The molecule has 4 heterocycles. The van der Waals surface area contributed by atoms with Gasteiger partial charge in [-0.1, -0.05) is 28.4 Å². The molecule has 1 amide bonds. The van der Waals surface area contributed by atoms with Gasteiger partial charge in [0.1, 0.15) is 11.7 Å². The fraction of sp³-hybridized carbons (Fsp3) is 0.440. The zero-order valence-electron chi connectivity index (χ0n) is 19.3. The van der Waals surface area contributed by atoms with Gasteiger partial charge in [-0.05, 0) is 62.6 Å². The molecular formula is C25H28Cl2N4O2S. The summed E-state index contributed by atoms with van der Waals surface area (Å²) in [4.78, 5) is 19.0. The van der Waals surface area contributed by atoms with E-state index in [9.17, 15) is 4.79 Å². The maximum absolute atomic E-state index is 13.5. The molecule has 0 saturated carbocycles. The number of hydrogen-bond donors (Lipinski definition) is 1. The maximum atomic E-state index is 13.5. The lowest BCUT2D eigenvalue weighted by Gasteiger charge is -2.36. The van der Waals surface area contributed by atoms with Crippen molar-refractivity contribution in [3.8, 4) is 10.6 Å². The van der Waals surface area contributed by atoms with E-state index < -0.39 is 0 Å². The Kier molecular flexibility index (Phi) is 6.89. The van der Waals surface area contributed by atoms with Crippen LogP contribution in [-0.4, -0.2) is 47.2 Å². The summed E-state index contributed by atoms with van der Waals surface area (Å²) in [5, 5.41) is 8.28. The minimum absolute atomic E-state index is 0.0593. The quantitative estimate of drug-likeness (QED) is 0.458. The number of thiophene rings is 1. The molecule has 3 aromatic rings. The third-order valence-corrected chi connectivity index (χ3v) is 8.24. The van der Waals surface area contributed by atoms with Crippen LogP contribution in [0.25, 0.3) is 10.6 Å². The number of nitrogens with zero attached hydrogens (tertiary/aromatic N) is 3. The molecule has 1 fully saturated rings. The van der Waals surface area contributed by atoms with Gasteiger partial charge >= 0.3 is 0 Å². The number of carbonyl (C=O) groups is 1. The summed E-state index contributed by atoms with van der Waals surface area (Å²) in [6.07, 6.45) is 2.58. The Morgan fingerprint density at radius 1 is 1.21 bits per heavy atom. The summed E-state index contributed by atoms with van der Waals surface area (Å²) in [6.45, 7) is 6.95. The van der Waals surface area contributed by atoms with E-state index in [0.717, 1.165) is 47.8 Å². The molecule has 1 unspecified atom stereocenters. The van der Waals surface area contributed by atoms with Crippen molar-refractivity contribution in [3.63, 3.8) is 0 Å². The number of hydrogen-bond acceptors (Lipinski definition) is 6. The number of piperidine rings is 1. The molecule has 0 radical (unpaired) electrons. The molecule has 1 saturated heterocycles. The Labute approximate surface area is 213 Å². The van der Waals surface area contributed by atoms with Crippen molar-refractivity contribution in [1.82, 2.24) is 15.4 Å². The van der Waals surface area contributed by atoms with Crippen LogP contribution in [0.1, 0.15) is 37.9 Å². The Bertz CT molecular complexity index is 1170. The molecule has 180 valence electrons. The second-order valence-electron chi connectivity index (χ2n) is 9.32. The molecule has 0 bridgehead atoms. The van der Waals surface area contributed by atoms with Crippen LogP contribution in [0.15, 0.2) is 40.9 Å². The average molecular weight is 519 g/mol. The predicted octanol–water partition coefficient (Wildman–Crippen LogP) is 5.63. The van der Waals surface area contributed by atoms with Crippen molar-refractivity contribution in [1.29, 1.82) is 0 Å². The smallest absolute Gasteiger partial charge is 0.243 e. The van der Waals surface area contributed by atoms with Gasteiger partial charge in [0.15, 0.2) is 5.76 Å². The van der Waals surface area contributed by atoms with Gasteiger partial charge in [-0.3, -0.25) is 4.79 Å². The van der Waals surface area contributed by atoms with Gasteiger partial charge in [0.05, 0.1) is 15.8 Å². The summed E-state index contributed by atoms with van der Waals surface area (Å²) >= 11 is 13.8. The van der Waals surface area contributed by atoms with Crippen molar-refractivity contribution < 1.29 is 9.32 Å². The van der Waals surface area contributed by atoms with Crippen molar-refractivity contribution in [3.05, 3.63) is 57.0 Å². The molecule has 2 aromatic heterocycles. The van der Waals surface area contributed by atoms with E-state index >= 15 is 0 Å². The molecule has 0 aliphatic carbocycles. The fourth-order valence-electron chi connectivity index (χ4n) is 4.90. The number of amides is 1. The number of carbonyl (C=O) groups excluding carboxylic acids is 1. The van der Waals surface area contributed by atoms with Crippen LogP contribution in [0, 0.1) is 0 Å². The lowest BCUT2D eigenvalue weighted by molar-refractivity contribution is -0.123. The minimum atomic E-state index is -0.312. The van der Waals surface area contributed by atoms with Gasteiger partial charge in [0.2, 0.25) is 5.91 Å². The predicted molar refractivity (Wildman–Crippen MR) is 138 cm³/mol. The highest BCUT2D eigenvalue weighted by molar-refractivity contribution is 7.19. The summed E-state index contributed by atoms with van der Waals surface area (Å²) in [7, 11) is 0. The minimum Gasteiger partial charge on any atom is -0.355 e. The number of benzene rings is 1. The standard InChI is InChI=1S/C25H28Cl2N4O2S/c1-15(2)30-9-7-18(8-10-30)28-25(32)21-12-16-11-17(26)3-4-20(16)31(21)14-19-13-22(33-29-19)23-5-6-24(27)34-23/h3-6,11,13,15,18,21H,7-10,12,14H2,1-2H3,(H,28,32). The monoisotopic (exact) mass is 518 g/mol. The van der Waals surface area contributed by atoms with E-state index in [1.54, 1.807) is 0 Å². The van der Waals surface area contributed by atoms with Crippen molar-refractivity contribution in [2.24, 2.45) is 0 Å². The first-order valence-corrected chi connectivity index (χ1v) is 13.3. The van der Waals surface area contributed by atoms with E-state index in [1.807, 2.05) is 36.4 Å². The summed E-state index contributed by atoms with van der Waals surface area (Å²) in [5.74, 6) is 0.740. The van der Waals surface area contributed by atoms with Crippen LogP contribution in [0.2, 0.25) is 9.36 Å². The van der Waals surface area contributed by atoms with Gasteiger partial charge in [-0.15, -0.1) is 11.3 Å². The molecule has 5 rings (SSSR count). The number of rotatable bonds is 6. The van der Waals surface area contributed by atoms with Crippen LogP contribution in [-0.2, 0) is 17.8 Å². The summed E-state index contributed by atoms with van der Waals surface area (Å²) < 4.78 is 6.28. The van der Waals surface area contributed by atoms with Crippen molar-refractivity contribution >= 4 is 46.1 Å². The van der Waals surface area contributed by atoms with E-state index in [-0.39, 0.29) is 18.0 Å². The maximum Gasteiger partial charge on any atom is 0.243 e. The van der Waals surface area contributed by atoms with Crippen LogP contribution in [0.3, 0.4) is 0 Å². The van der Waals surface area contributed by atoms with Gasteiger partial charge in [0, 0.05) is 48.4 Å². The number of halogens is 2. The van der Waals surface area contributed by atoms with E-state index in [0.29, 0.717) is 34.1 Å². The zero-order valence-corrected chi connectivity index (χ0v) is 21.6. The number of aromatic nitrogens is 1. The molecular weight excluding hydrogens is 491 g/mol. The first kappa shape index (κ1) is 23.7. The molecule has 1 aromatic carbocycles. The molecule has 9 heteroatoms. The SMILES string of the molecule is CC(C)N1CCC(NC(=O)C2Cc3cc(Cl)ccc3N2Cc2cc(-c3ccc(Cl)s3)on2)CC1. The second-order valence-corrected chi connectivity index (χ2v) is 11.5. The van der Waals surface area contributed by atoms with Crippen molar-refractivity contribution in [2.75, 3.05) is 18.0 Å². The van der Waals surface area contributed by atoms with Gasteiger partial charge in [-0.2, -0.15) is 0 Å². The van der Waals surface area contributed by atoms with Crippen molar-refractivity contribution in [2.45, 2.75) is 57.8 Å². The summed E-state index contributed by atoms with van der Waals surface area (Å²) in [5.41, 5.74) is 2.87. The number of likely N-dealkylation sites (tertiary alicyclic amines) is 1. The molecule has 6 nitrogen and oxygen atoms in total. The van der Waals surface area contributed by atoms with Crippen LogP contribution in [0.4, 0.5) is 5.69 Å². The molecule has 34 heavy (non-hydrogen) atoms. The second kappa shape index (κ2) is 9.90. The normalized spacial score (nSPS) is 19.1. The molecule has 2 aliphatic heterocycles. The van der Waals surface area contributed by atoms with Gasteiger partial charge in [0.25, 0.3) is 0 Å². The topological polar surface area (TPSA) is 61.6 Å². The number of fused-ring (bicyclic) bond motifs is 1. The molecule has 1 atom stereocenters. The first-order valence-electron chi connectivity index (χ1n) is 11.7. The highest BCUT2D eigenvalue weighted by Gasteiger charge is 2.36. The third-order valence-electron chi connectivity index (χ3n) is 6.76. The lowest BCUT2D eigenvalue weighted by atomic mass is 10.0. The van der Waals surface area contributed by atoms with Gasteiger partial charge in [-0.25, -0.2) is 0 Å². The Morgan fingerprint density at radius 2 is 2.00 bits per heavy atom. The van der Waals surface area contributed by atoms with Crippen LogP contribution < -0.4 is 10.2 Å². The van der Waals surface area contributed by atoms with E-state index in [2.05, 4.69) is 34.1 Å². The van der Waals surface area contributed by atoms with E-state index in [1.165, 1.54) is 11.3 Å². The number of anilines is 1. The molecule has 1 N–H and O–H groups in total. The van der Waals surface area contributed by atoms with Crippen LogP contribution in [0.5, 0.6) is 0 Å². The Balaban J connectivity index is 1.32. The zero-order chi connectivity index (χ0) is 23.8. The third kappa shape index (κ3) is 4.98. The largest absolute Gasteiger partial charge is 0.355 e. The lowest BCUT2D eigenvalue weighted by Crippen LogP contribution is -2.52. The highest BCUT2D eigenvalue weighted by atomic mass is 35.5. The highest BCUT2D eigenvalue weighted by Crippen LogP contribution is 2.37. The molecule has 0 spiro atoms.